The Hall–Kier alpha value is -1.49. The second-order valence-corrected chi connectivity index (χ2v) is 4.30. The van der Waals surface area contributed by atoms with Gasteiger partial charge in [0.1, 0.15) is 11.9 Å². The van der Waals surface area contributed by atoms with Gasteiger partial charge in [-0.2, -0.15) is 0 Å². The van der Waals surface area contributed by atoms with Crippen LogP contribution in [0.1, 0.15) is 25.5 Å². The van der Waals surface area contributed by atoms with Gasteiger partial charge in [0.25, 0.3) is 0 Å². The highest BCUT2D eigenvalue weighted by atomic mass is 16.4. The second kappa shape index (κ2) is 4.17. The molecule has 0 aliphatic carbocycles. The van der Waals surface area contributed by atoms with Gasteiger partial charge >= 0.3 is 5.97 Å². The van der Waals surface area contributed by atoms with Gasteiger partial charge in [-0.15, -0.1) is 0 Å². The van der Waals surface area contributed by atoms with E-state index < -0.39 is 11.5 Å². The zero-order valence-corrected chi connectivity index (χ0v) is 9.26. The Morgan fingerprint density at radius 3 is 3.12 bits per heavy atom. The topological polar surface area (TPSA) is 66.3 Å². The summed E-state index contributed by atoms with van der Waals surface area (Å²) in [6.07, 6.45) is 4.79. The lowest BCUT2D eigenvalue weighted by Crippen LogP contribution is -2.47. The van der Waals surface area contributed by atoms with E-state index in [2.05, 4.69) is 9.97 Å². The van der Waals surface area contributed by atoms with E-state index in [1.54, 1.807) is 13.1 Å². The van der Waals surface area contributed by atoms with E-state index >= 15 is 0 Å². The molecule has 0 saturated carbocycles. The molecular weight excluding hydrogens is 206 g/mol. The minimum Gasteiger partial charge on any atom is -0.480 e. The maximum atomic E-state index is 11.2. The summed E-state index contributed by atoms with van der Waals surface area (Å²) in [7, 11) is 0. The van der Waals surface area contributed by atoms with Gasteiger partial charge in [-0.1, -0.05) is 0 Å². The van der Waals surface area contributed by atoms with Crippen molar-refractivity contribution in [3.8, 4) is 0 Å². The largest absolute Gasteiger partial charge is 0.480 e. The van der Waals surface area contributed by atoms with Crippen molar-refractivity contribution >= 4 is 5.97 Å². The van der Waals surface area contributed by atoms with Crippen molar-refractivity contribution in [2.75, 3.05) is 6.54 Å². The number of rotatable bonds is 3. The van der Waals surface area contributed by atoms with E-state index in [0.717, 1.165) is 18.7 Å². The van der Waals surface area contributed by atoms with Crippen molar-refractivity contribution in [1.82, 2.24) is 14.9 Å². The Morgan fingerprint density at radius 1 is 1.69 bits per heavy atom. The maximum Gasteiger partial charge on any atom is 0.323 e. The van der Waals surface area contributed by atoms with Crippen LogP contribution >= 0.6 is 0 Å². The van der Waals surface area contributed by atoms with Crippen molar-refractivity contribution in [2.45, 2.75) is 31.8 Å². The number of aromatic nitrogens is 2. The average Bonchev–Trinajstić information content (AvgIpc) is 2.63. The first-order valence-corrected chi connectivity index (χ1v) is 5.36. The number of nitrogens with zero attached hydrogens (tertiary/aromatic N) is 3. The molecule has 1 aromatic rings. The molecule has 5 heteroatoms. The zero-order valence-electron chi connectivity index (χ0n) is 9.26. The van der Waals surface area contributed by atoms with Crippen LogP contribution in [0.3, 0.4) is 0 Å². The summed E-state index contributed by atoms with van der Waals surface area (Å²) in [6.45, 7) is 3.17. The van der Waals surface area contributed by atoms with Crippen molar-refractivity contribution in [3.05, 3.63) is 24.3 Å². The smallest absolute Gasteiger partial charge is 0.323 e. The van der Waals surface area contributed by atoms with Gasteiger partial charge in [-0.25, -0.2) is 9.97 Å². The molecule has 16 heavy (non-hydrogen) atoms. The molecular formula is C11H15N3O2. The highest BCUT2D eigenvalue weighted by Crippen LogP contribution is 2.30. The van der Waals surface area contributed by atoms with E-state index in [1.807, 2.05) is 11.0 Å². The molecule has 1 N–H and O–H groups in total. The van der Waals surface area contributed by atoms with Crippen LogP contribution in [0.25, 0.3) is 0 Å². The molecule has 1 aromatic heterocycles. The molecule has 0 amide bonds. The first-order valence-electron chi connectivity index (χ1n) is 5.36. The van der Waals surface area contributed by atoms with Crippen molar-refractivity contribution in [2.24, 2.45) is 0 Å². The molecule has 0 spiro atoms. The van der Waals surface area contributed by atoms with Crippen LogP contribution in [0, 0.1) is 0 Å². The molecule has 2 rings (SSSR count). The fourth-order valence-corrected chi connectivity index (χ4v) is 2.12. The number of carbonyl (C=O) groups is 1. The fraction of sp³-hybridized carbons (Fsp3) is 0.545. The Labute approximate surface area is 94.1 Å². The van der Waals surface area contributed by atoms with Crippen molar-refractivity contribution < 1.29 is 9.90 Å². The van der Waals surface area contributed by atoms with E-state index in [4.69, 9.17) is 0 Å². The van der Waals surface area contributed by atoms with E-state index in [-0.39, 0.29) is 0 Å². The molecule has 1 fully saturated rings. The quantitative estimate of drug-likeness (QED) is 0.822. The van der Waals surface area contributed by atoms with Gasteiger partial charge in [0.05, 0.1) is 5.69 Å². The third-order valence-corrected chi connectivity index (χ3v) is 3.25. The van der Waals surface area contributed by atoms with Gasteiger partial charge < -0.3 is 5.11 Å². The Morgan fingerprint density at radius 2 is 2.50 bits per heavy atom. The van der Waals surface area contributed by atoms with Crippen LogP contribution in [-0.4, -0.2) is 38.0 Å². The van der Waals surface area contributed by atoms with Gasteiger partial charge in [0, 0.05) is 12.7 Å². The zero-order chi connectivity index (χ0) is 11.6. The number of hydrogen-bond acceptors (Lipinski definition) is 4. The third kappa shape index (κ3) is 1.90. The highest BCUT2D eigenvalue weighted by Gasteiger charge is 2.43. The summed E-state index contributed by atoms with van der Waals surface area (Å²) in [5.74, 6) is -0.751. The van der Waals surface area contributed by atoms with Crippen LogP contribution in [0.4, 0.5) is 0 Å². The monoisotopic (exact) mass is 221 g/mol. The Bertz CT molecular complexity index is 382. The molecule has 1 aliphatic rings. The highest BCUT2D eigenvalue weighted by molar-refractivity contribution is 5.78. The summed E-state index contributed by atoms with van der Waals surface area (Å²) in [5, 5.41) is 9.25. The van der Waals surface area contributed by atoms with Crippen LogP contribution < -0.4 is 0 Å². The molecule has 1 unspecified atom stereocenters. The van der Waals surface area contributed by atoms with Crippen LogP contribution in [0.5, 0.6) is 0 Å². The molecule has 2 heterocycles. The summed E-state index contributed by atoms with van der Waals surface area (Å²) >= 11 is 0. The number of carboxylic acids is 1. The van der Waals surface area contributed by atoms with Crippen LogP contribution in [0.15, 0.2) is 18.6 Å². The molecule has 1 aliphatic heterocycles. The number of hydrogen-bond donors (Lipinski definition) is 1. The number of likely N-dealkylation sites (tertiary alicyclic amines) is 1. The minimum atomic E-state index is -0.751. The summed E-state index contributed by atoms with van der Waals surface area (Å²) in [6, 6.07) is 1.82. The predicted molar refractivity (Wildman–Crippen MR) is 57.7 cm³/mol. The summed E-state index contributed by atoms with van der Waals surface area (Å²) in [5.41, 5.74) is 0.120. The minimum absolute atomic E-state index is 0.575. The van der Waals surface area contributed by atoms with Crippen LogP contribution in [-0.2, 0) is 11.3 Å². The lowest BCUT2D eigenvalue weighted by Gasteiger charge is -2.30. The normalized spacial score (nSPS) is 25.8. The molecule has 1 atom stereocenters. The van der Waals surface area contributed by atoms with Gasteiger partial charge in [-0.3, -0.25) is 9.69 Å². The lowest BCUT2D eigenvalue weighted by atomic mass is 9.99. The molecule has 0 radical (unpaired) electrons. The molecule has 86 valence electrons. The SMILES string of the molecule is CC1(C(=O)O)CCCN1Cc1ccncn1. The summed E-state index contributed by atoms with van der Waals surface area (Å²) in [4.78, 5) is 21.2. The number of carboxylic acid groups (broad SMARTS) is 1. The third-order valence-electron chi connectivity index (χ3n) is 3.25. The van der Waals surface area contributed by atoms with Gasteiger partial charge in [0.15, 0.2) is 0 Å². The average molecular weight is 221 g/mol. The Balaban J connectivity index is 2.13. The maximum absolute atomic E-state index is 11.2. The predicted octanol–water partition coefficient (Wildman–Crippen LogP) is 0.916. The number of aliphatic carboxylic acids is 1. The fourth-order valence-electron chi connectivity index (χ4n) is 2.12. The molecule has 1 saturated heterocycles. The first-order chi connectivity index (χ1) is 7.63. The molecule has 5 nitrogen and oxygen atoms in total. The van der Waals surface area contributed by atoms with Crippen molar-refractivity contribution in [3.63, 3.8) is 0 Å². The summed E-state index contributed by atoms with van der Waals surface area (Å²) < 4.78 is 0. The van der Waals surface area contributed by atoms with Gasteiger partial charge in [0.2, 0.25) is 0 Å². The molecule has 0 aromatic carbocycles. The molecule has 0 bridgehead atoms. The van der Waals surface area contributed by atoms with Gasteiger partial charge in [-0.05, 0) is 32.4 Å². The standard InChI is InChI=1S/C11H15N3O2/c1-11(10(15)16)4-2-6-14(11)7-9-3-5-12-8-13-9/h3,5,8H,2,4,6-7H2,1H3,(H,15,16). The van der Waals surface area contributed by atoms with E-state index in [1.165, 1.54) is 6.33 Å². The van der Waals surface area contributed by atoms with E-state index in [9.17, 15) is 9.90 Å². The second-order valence-electron chi connectivity index (χ2n) is 4.30. The lowest BCUT2D eigenvalue weighted by molar-refractivity contribution is -0.148. The van der Waals surface area contributed by atoms with E-state index in [0.29, 0.717) is 13.0 Å². The van der Waals surface area contributed by atoms with Crippen molar-refractivity contribution in [1.29, 1.82) is 0 Å². The Kier molecular flexibility index (Phi) is 2.87. The van der Waals surface area contributed by atoms with Crippen LogP contribution in [0.2, 0.25) is 0 Å². The first kappa shape index (κ1) is 11.0.